The number of furan rings is 2. The quantitative estimate of drug-likeness (QED) is 0.795. The van der Waals surface area contributed by atoms with E-state index >= 15 is 0 Å². The van der Waals surface area contributed by atoms with Gasteiger partial charge in [-0.15, -0.1) is 0 Å². The monoisotopic (exact) mass is 207 g/mol. The Hall–Kier alpha value is -2.04. The highest BCUT2D eigenvalue weighted by molar-refractivity contribution is 6.14. The van der Waals surface area contributed by atoms with Crippen LogP contribution in [0.4, 0.5) is 0 Å². The Morgan fingerprint density at radius 3 is 2.47 bits per heavy atom. The third-order valence-corrected chi connectivity index (χ3v) is 2.13. The second kappa shape index (κ2) is 3.27. The first-order valence-electron chi connectivity index (χ1n) is 4.51. The summed E-state index contributed by atoms with van der Waals surface area (Å²) in [5, 5.41) is 11.5. The first kappa shape index (κ1) is 9.51. The summed E-state index contributed by atoms with van der Waals surface area (Å²) in [7, 11) is 0. The molecule has 0 aromatic carbocycles. The van der Waals surface area contributed by atoms with Crippen LogP contribution in [0.3, 0.4) is 0 Å². The van der Waals surface area contributed by atoms with Crippen LogP contribution in [-0.2, 0) is 0 Å². The van der Waals surface area contributed by atoms with Gasteiger partial charge in [0.25, 0.3) is 5.91 Å². The molecule has 0 saturated carbocycles. The highest BCUT2D eigenvalue weighted by Gasteiger charge is 2.26. The molecule has 1 amide bonds. The summed E-state index contributed by atoms with van der Waals surface area (Å²) in [5.41, 5.74) is 0.604. The minimum atomic E-state index is -1.15. The van der Waals surface area contributed by atoms with Gasteiger partial charge in [-0.3, -0.25) is 4.79 Å². The molecule has 5 nitrogen and oxygen atoms in total. The first-order valence-corrected chi connectivity index (χ1v) is 4.51. The van der Waals surface area contributed by atoms with Gasteiger partial charge in [-0.2, -0.15) is 0 Å². The molecule has 0 aliphatic rings. The van der Waals surface area contributed by atoms with Crippen molar-refractivity contribution < 1.29 is 19.1 Å². The number of benzene rings is 1. The number of hydrogen-bond acceptors (Lipinski definition) is 3. The molecule has 2 N–H and O–H groups in total. The van der Waals surface area contributed by atoms with Crippen LogP contribution in [-0.4, -0.2) is 23.5 Å². The Balaban J connectivity index is 2.55. The Labute approximate surface area is 85.0 Å². The molecule has 2 rings (SSSR count). The van der Waals surface area contributed by atoms with E-state index in [9.17, 15) is 9.59 Å². The molecule has 2 heterocycles. The first-order chi connectivity index (χ1) is 7.15. The average Bonchev–Trinajstić information content (AvgIpc) is 2.76. The molecule has 5 heteroatoms. The number of aromatic carboxylic acids is 1. The van der Waals surface area contributed by atoms with E-state index in [4.69, 9.17) is 9.52 Å². The zero-order valence-corrected chi connectivity index (χ0v) is 8.03. The largest absolute Gasteiger partial charge is 0.478 e. The molecule has 15 heavy (non-hydrogen) atoms. The van der Waals surface area contributed by atoms with Gasteiger partial charge in [-0.25, -0.2) is 4.79 Å². The highest BCUT2D eigenvalue weighted by atomic mass is 16.4. The normalized spacial score (nSPS) is 10.7. The van der Waals surface area contributed by atoms with Crippen LogP contribution in [0.5, 0.6) is 0 Å². The Bertz CT molecular complexity index is 514. The van der Waals surface area contributed by atoms with E-state index in [2.05, 4.69) is 5.32 Å². The van der Waals surface area contributed by atoms with Gasteiger partial charge in [0, 0.05) is 6.54 Å². The van der Waals surface area contributed by atoms with Gasteiger partial charge >= 0.3 is 5.97 Å². The number of carboxylic acids is 1. The SMILES string of the molecule is CCNC(=O)c1c(C(=O)O)c2ccc1o2. The van der Waals surface area contributed by atoms with Crippen molar-refractivity contribution in [1.29, 1.82) is 0 Å². The molecule has 0 unspecified atom stereocenters. The molecule has 0 atom stereocenters. The fraction of sp³-hybridized carbons (Fsp3) is 0.200. The number of hydrogen-bond donors (Lipinski definition) is 2. The minimum Gasteiger partial charge on any atom is -0.478 e. The maximum atomic E-state index is 11.6. The molecule has 0 spiro atoms. The maximum Gasteiger partial charge on any atom is 0.340 e. The molecular weight excluding hydrogens is 198 g/mol. The van der Waals surface area contributed by atoms with E-state index in [0.29, 0.717) is 12.1 Å². The number of carbonyl (C=O) groups excluding carboxylic acids is 1. The molecule has 2 aromatic heterocycles. The van der Waals surface area contributed by atoms with Gasteiger partial charge in [0.15, 0.2) is 0 Å². The Kier molecular flexibility index (Phi) is 2.07. The number of nitrogens with one attached hydrogen (secondary N) is 1. The van der Waals surface area contributed by atoms with Crippen LogP contribution in [0.25, 0.3) is 11.2 Å². The minimum absolute atomic E-state index is 0.0570. The van der Waals surface area contributed by atoms with Gasteiger partial charge < -0.3 is 14.8 Å². The van der Waals surface area contributed by atoms with Gasteiger partial charge in [-0.05, 0) is 19.1 Å². The Morgan fingerprint density at radius 1 is 1.33 bits per heavy atom. The molecule has 0 fully saturated rings. The number of rotatable bonds is 3. The third kappa shape index (κ3) is 1.32. The lowest BCUT2D eigenvalue weighted by Crippen LogP contribution is -2.24. The topological polar surface area (TPSA) is 79.5 Å². The van der Waals surface area contributed by atoms with Crippen molar-refractivity contribution in [2.45, 2.75) is 6.92 Å². The molecule has 2 bridgehead atoms. The van der Waals surface area contributed by atoms with Crippen LogP contribution in [0, 0.1) is 0 Å². The number of carbonyl (C=O) groups is 2. The predicted octanol–water partition coefficient (Wildman–Crippen LogP) is 1.32. The maximum absolute atomic E-state index is 11.6. The molecule has 0 aliphatic carbocycles. The van der Waals surface area contributed by atoms with Crippen molar-refractivity contribution in [3.8, 4) is 0 Å². The molecular formula is C10H9NO4. The zero-order chi connectivity index (χ0) is 11.0. The fourth-order valence-electron chi connectivity index (χ4n) is 1.54. The zero-order valence-electron chi connectivity index (χ0n) is 8.03. The summed E-state index contributed by atoms with van der Waals surface area (Å²) in [6.07, 6.45) is 0. The van der Waals surface area contributed by atoms with Crippen molar-refractivity contribution in [3.63, 3.8) is 0 Å². The van der Waals surface area contributed by atoms with E-state index in [1.54, 1.807) is 19.1 Å². The van der Waals surface area contributed by atoms with Gasteiger partial charge in [0.1, 0.15) is 22.3 Å². The van der Waals surface area contributed by atoms with Crippen molar-refractivity contribution >= 4 is 23.0 Å². The summed E-state index contributed by atoms with van der Waals surface area (Å²) >= 11 is 0. The van der Waals surface area contributed by atoms with Crippen LogP contribution in [0.1, 0.15) is 27.6 Å². The van der Waals surface area contributed by atoms with Crippen molar-refractivity contribution in [3.05, 3.63) is 23.3 Å². The van der Waals surface area contributed by atoms with E-state index in [1.807, 2.05) is 0 Å². The lowest BCUT2D eigenvalue weighted by molar-refractivity contribution is 0.0693. The molecule has 0 radical (unpaired) electrons. The van der Waals surface area contributed by atoms with Crippen molar-refractivity contribution in [2.24, 2.45) is 0 Å². The van der Waals surface area contributed by atoms with E-state index in [1.165, 1.54) is 0 Å². The summed E-state index contributed by atoms with van der Waals surface area (Å²) in [4.78, 5) is 22.5. The van der Waals surface area contributed by atoms with Crippen molar-refractivity contribution in [2.75, 3.05) is 6.54 Å². The molecule has 78 valence electrons. The summed E-state index contributed by atoms with van der Waals surface area (Å²) in [5.74, 6) is -1.56. The molecule has 0 aliphatic heterocycles. The van der Waals surface area contributed by atoms with Gasteiger partial charge in [0.2, 0.25) is 0 Å². The molecule has 0 saturated heterocycles. The van der Waals surface area contributed by atoms with Crippen LogP contribution in [0.15, 0.2) is 16.5 Å². The lowest BCUT2D eigenvalue weighted by Gasteiger charge is -2.01. The van der Waals surface area contributed by atoms with Crippen LogP contribution >= 0.6 is 0 Å². The number of carboxylic acid groups (broad SMARTS) is 1. The van der Waals surface area contributed by atoms with E-state index < -0.39 is 11.9 Å². The average molecular weight is 207 g/mol. The van der Waals surface area contributed by atoms with E-state index in [-0.39, 0.29) is 16.7 Å². The van der Waals surface area contributed by atoms with Crippen LogP contribution < -0.4 is 5.32 Å². The lowest BCUT2D eigenvalue weighted by atomic mass is 10.1. The summed E-state index contributed by atoms with van der Waals surface area (Å²) in [6.45, 7) is 2.21. The predicted molar refractivity (Wildman–Crippen MR) is 52.4 cm³/mol. The summed E-state index contributed by atoms with van der Waals surface area (Å²) < 4.78 is 5.13. The third-order valence-electron chi connectivity index (χ3n) is 2.13. The molecule has 2 aromatic rings. The van der Waals surface area contributed by atoms with Gasteiger partial charge in [-0.1, -0.05) is 0 Å². The second-order valence-electron chi connectivity index (χ2n) is 3.08. The summed E-state index contributed by atoms with van der Waals surface area (Å²) in [6, 6.07) is 3.13. The fourth-order valence-corrected chi connectivity index (χ4v) is 1.54. The standard InChI is InChI=1S/C10H9NO4/c1-2-11-9(12)7-5-3-4-6(15-5)8(7)10(13)14/h3-4H,2H2,1H3,(H,11,12)(H,13,14). The highest BCUT2D eigenvalue weighted by Crippen LogP contribution is 2.28. The number of amides is 1. The van der Waals surface area contributed by atoms with Gasteiger partial charge in [0.05, 0.1) is 0 Å². The Morgan fingerprint density at radius 2 is 1.93 bits per heavy atom. The van der Waals surface area contributed by atoms with Crippen molar-refractivity contribution in [1.82, 2.24) is 5.32 Å². The smallest absolute Gasteiger partial charge is 0.340 e. The second-order valence-corrected chi connectivity index (χ2v) is 3.08. The number of fused-ring (bicyclic) bond motifs is 2. The van der Waals surface area contributed by atoms with E-state index in [0.717, 1.165) is 0 Å². The van der Waals surface area contributed by atoms with Crippen LogP contribution in [0.2, 0.25) is 0 Å².